The van der Waals surface area contributed by atoms with Gasteiger partial charge in [0.15, 0.2) is 0 Å². The third-order valence-electron chi connectivity index (χ3n) is 4.53. The summed E-state index contributed by atoms with van der Waals surface area (Å²) in [7, 11) is -0.483. The van der Waals surface area contributed by atoms with E-state index < -0.39 is 13.1 Å². The largest absolute Gasteiger partial charge is 0.482 e. The standard InChI is InChI=1S/C16H21BN2O2/c1-15(2)16(3,4)21-17(20-15)14(18)13-10-9-11-7-5-6-8-12(11)19-13/h5-10,14H,18H2,1-4H3/t14-/m1/s1. The monoisotopic (exact) mass is 284 g/mol. The van der Waals surface area contributed by atoms with Crippen molar-refractivity contribution in [3.05, 3.63) is 42.1 Å². The Labute approximate surface area is 125 Å². The minimum Gasteiger partial charge on any atom is -0.402 e. The number of nitrogens with two attached hydrogens (primary N) is 1. The van der Waals surface area contributed by atoms with E-state index in [1.807, 2.05) is 64.1 Å². The highest BCUT2D eigenvalue weighted by molar-refractivity contribution is 6.47. The minimum atomic E-state index is -0.483. The van der Waals surface area contributed by atoms with E-state index in [-0.39, 0.29) is 11.2 Å². The van der Waals surface area contributed by atoms with Crippen LogP contribution < -0.4 is 5.73 Å². The first kappa shape index (κ1) is 14.5. The SMILES string of the molecule is CC1(C)OB([C@H](N)c2ccc3ccccc3n2)OC1(C)C. The molecule has 0 amide bonds. The van der Waals surface area contributed by atoms with Gasteiger partial charge in [0.05, 0.1) is 28.4 Å². The Morgan fingerprint density at radius 3 is 2.29 bits per heavy atom. The maximum absolute atomic E-state index is 6.32. The predicted octanol–water partition coefficient (Wildman–Crippen LogP) is 2.87. The number of para-hydroxylation sites is 1. The van der Waals surface area contributed by atoms with Crippen LogP contribution in [0.25, 0.3) is 10.9 Å². The summed E-state index contributed by atoms with van der Waals surface area (Å²) >= 11 is 0. The van der Waals surface area contributed by atoms with Gasteiger partial charge in [-0.2, -0.15) is 0 Å². The summed E-state index contributed by atoms with van der Waals surface area (Å²) in [6.07, 6.45) is 0. The van der Waals surface area contributed by atoms with E-state index in [0.29, 0.717) is 0 Å². The molecule has 1 aromatic heterocycles. The number of rotatable bonds is 2. The molecule has 2 N–H and O–H groups in total. The fourth-order valence-corrected chi connectivity index (χ4v) is 2.44. The molecule has 0 unspecified atom stereocenters. The molecule has 0 radical (unpaired) electrons. The molecule has 4 nitrogen and oxygen atoms in total. The van der Waals surface area contributed by atoms with Crippen LogP contribution in [0.15, 0.2) is 36.4 Å². The van der Waals surface area contributed by atoms with Gasteiger partial charge in [0.1, 0.15) is 0 Å². The van der Waals surface area contributed by atoms with Crippen LogP contribution in [0.5, 0.6) is 0 Å². The van der Waals surface area contributed by atoms with Crippen LogP contribution in [0.3, 0.4) is 0 Å². The van der Waals surface area contributed by atoms with Crippen molar-refractivity contribution in [2.24, 2.45) is 5.73 Å². The maximum atomic E-state index is 6.32. The van der Waals surface area contributed by atoms with Crippen molar-refractivity contribution < 1.29 is 9.31 Å². The number of nitrogens with zero attached hydrogens (tertiary/aromatic N) is 1. The van der Waals surface area contributed by atoms with Gasteiger partial charge in [0.25, 0.3) is 0 Å². The summed E-state index contributed by atoms with van der Waals surface area (Å²) in [5, 5.41) is 1.10. The average molecular weight is 284 g/mol. The highest BCUT2D eigenvalue weighted by Crippen LogP contribution is 2.39. The first-order valence-electron chi connectivity index (χ1n) is 7.27. The molecule has 3 rings (SSSR count). The van der Waals surface area contributed by atoms with E-state index in [1.54, 1.807) is 0 Å². The predicted molar refractivity (Wildman–Crippen MR) is 84.8 cm³/mol. The lowest BCUT2D eigenvalue weighted by molar-refractivity contribution is 0.00578. The van der Waals surface area contributed by atoms with Gasteiger partial charge in [-0.05, 0) is 39.8 Å². The molecule has 1 atom stereocenters. The van der Waals surface area contributed by atoms with Crippen molar-refractivity contribution in [3.8, 4) is 0 Å². The molecule has 1 aliphatic rings. The second-order valence-corrected chi connectivity index (χ2v) is 6.58. The first-order chi connectivity index (χ1) is 9.80. The molecule has 2 heterocycles. The Bertz CT molecular complexity index is 656. The molecule has 0 bridgehead atoms. The van der Waals surface area contributed by atoms with Gasteiger partial charge in [-0.3, -0.25) is 4.98 Å². The summed E-state index contributed by atoms with van der Waals surface area (Å²) in [5.41, 5.74) is 7.27. The molecule has 1 fully saturated rings. The Kier molecular flexibility index (Phi) is 3.32. The van der Waals surface area contributed by atoms with Crippen molar-refractivity contribution in [1.82, 2.24) is 4.98 Å². The van der Waals surface area contributed by atoms with Gasteiger partial charge in [-0.15, -0.1) is 0 Å². The molecule has 0 saturated carbocycles. The van der Waals surface area contributed by atoms with E-state index in [9.17, 15) is 0 Å². The molecule has 1 aromatic carbocycles. The van der Waals surface area contributed by atoms with Gasteiger partial charge >= 0.3 is 7.12 Å². The van der Waals surface area contributed by atoms with Crippen LogP contribution in [0.1, 0.15) is 39.3 Å². The molecule has 2 aromatic rings. The van der Waals surface area contributed by atoms with Gasteiger partial charge in [-0.25, -0.2) is 0 Å². The third kappa shape index (κ3) is 2.46. The Morgan fingerprint density at radius 2 is 1.62 bits per heavy atom. The fourth-order valence-electron chi connectivity index (χ4n) is 2.44. The van der Waals surface area contributed by atoms with Gasteiger partial charge < -0.3 is 15.0 Å². The zero-order chi connectivity index (χ0) is 15.3. The van der Waals surface area contributed by atoms with Crippen LogP contribution in [0, 0.1) is 0 Å². The zero-order valence-electron chi connectivity index (χ0n) is 13.0. The topological polar surface area (TPSA) is 57.4 Å². The minimum absolute atomic E-state index is 0.383. The van der Waals surface area contributed by atoms with Crippen LogP contribution in [-0.2, 0) is 9.31 Å². The molecule has 5 heteroatoms. The molecule has 1 aliphatic heterocycles. The molecule has 0 spiro atoms. The maximum Gasteiger partial charge on any atom is 0.482 e. The number of pyridine rings is 1. The highest BCUT2D eigenvalue weighted by atomic mass is 16.7. The summed E-state index contributed by atoms with van der Waals surface area (Å²) < 4.78 is 12.0. The van der Waals surface area contributed by atoms with Crippen LogP contribution in [-0.4, -0.2) is 23.3 Å². The molecular weight excluding hydrogens is 263 g/mol. The Hall–Kier alpha value is -1.43. The first-order valence-corrected chi connectivity index (χ1v) is 7.27. The molecule has 0 aliphatic carbocycles. The molecule has 1 saturated heterocycles. The van der Waals surface area contributed by atoms with Crippen molar-refractivity contribution in [2.75, 3.05) is 0 Å². The second-order valence-electron chi connectivity index (χ2n) is 6.58. The average Bonchev–Trinajstić information content (AvgIpc) is 2.66. The van der Waals surface area contributed by atoms with Crippen molar-refractivity contribution >= 4 is 18.0 Å². The molecule has 21 heavy (non-hydrogen) atoms. The van der Waals surface area contributed by atoms with E-state index >= 15 is 0 Å². The summed E-state index contributed by atoms with van der Waals surface area (Å²) in [4.78, 5) is 4.63. The Morgan fingerprint density at radius 1 is 1.00 bits per heavy atom. The van der Waals surface area contributed by atoms with E-state index in [0.717, 1.165) is 16.6 Å². The lowest BCUT2D eigenvalue weighted by Gasteiger charge is -2.32. The quantitative estimate of drug-likeness (QED) is 0.861. The van der Waals surface area contributed by atoms with Crippen molar-refractivity contribution in [1.29, 1.82) is 0 Å². The summed E-state index contributed by atoms with van der Waals surface area (Å²) in [6.45, 7) is 8.09. The van der Waals surface area contributed by atoms with E-state index in [1.165, 1.54) is 0 Å². The van der Waals surface area contributed by atoms with Gasteiger partial charge in [0, 0.05) is 5.39 Å². The third-order valence-corrected chi connectivity index (χ3v) is 4.53. The number of hydrogen-bond acceptors (Lipinski definition) is 4. The Balaban J connectivity index is 1.89. The summed E-state index contributed by atoms with van der Waals surface area (Å²) in [6, 6.07) is 12.0. The number of aromatic nitrogens is 1. The van der Waals surface area contributed by atoms with Crippen LogP contribution in [0.4, 0.5) is 0 Å². The van der Waals surface area contributed by atoms with Crippen LogP contribution >= 0.6 is 0 Å². The van der Waals surface area contributed by atoms with Crippen molar-refractivity contribution in [3.63, 3.8) is 0 Å². The van der Waals surface area contributed by atoms with Crippen LogP contribution in [0.2, 0.25) is 0 Å². The normalized spacial score (nSPS) is 21.7. The number of fused-ring (bicyclic) bond motifs is 1. The van der Waals surface area contributed by atoms with Crippen molar-refractivity contribution in [2.45, 2.75) is 44.8 Å². The molecule has 110 valence electrons. The second kappa shape index (κ2) is 4.80. The zero-order valence-corrected chi connectivity index (χ0v) is 13.0. The summed E-state index contributed by atoms with van der Waals surface area (Å²) in [5.74, 6) is -0.407. The number of benzene rings is 1. The molecular formula is C16H21BN2O2. The lowest BCUT2D eigenvalue weighted by atomic mass is 9.77. The van der Waals surface area contributed by atoms with E-state index in [4.69, 9.17) is 15.0 Å². The van der Waals surface area contributed by atoms with Gasteiger partial charge in [-0.1, -0.05) is 24.3 Å². The smallest absolute Gasteiger partial charge is 0.402 e. The van der Waals surface area contributed by atoms with Gasteiger partial charge in [0.2, 0.25) is 0 Å². The fraction of sp³-hybridized carbons (Fsp3) is 0.438. The highest BCUT2D eigenvalue weighted by Gasteiger charge is 2.53. The van der Waals surface area contributed by atoms with E-state index in [2.05, 4.69) is 4.98 Å². The number of hydrogen-bond donors (Lipinski definition) is 1. The lowest BCUT2D eigenvalue weighted by Crippen LogP contribution is -2.41.